The molecule has 0 spiro atoms. The minimum absolute atomic E-state index is 0.0464. The summed E-state index contributed by atoms with van der Waals surface area (Å²) in [5.74, 6) is -0.624. The SMILES string of the molecule is CC(C)(N)C(C)(C)C(=O)NCc1ccc(F)c(Cl)c1. The molecule has 1 aromatic carbocycles. The topological polar surface area (TPSA) is 55.1 Å². The largest absolute Gasteiger partial charge is 0.352 e. The van der Waals surface area contributed by atoms with E-state index in [0.29, 0.717) is 6.54 Å². The van der Waals surface area contributed by atoms with Crippen molar-refractivity contribution in [2.45, 2.75) is 39.8 Å². The fourth-order valence-electron chi connectivity index (χ4n) is 1.35. The Morgan fingerprint density at radius 3 is 2.42 bits per heavy atom. The monoisotopic (exact) mass is 286 g/mol. The lowest BCUT2D eigenvalue weighted by molar-refractivity contribution is -0.132. The van der Waals surface area contributed by atoms with Crippen molar-refractivity contribution in [2.24, 2.45) is 11.1 Å². The van der Waals surface area contributed by atoms with E-state index in [0.717, 1.165) is 5.56 Å². The van der Waals surface area contributed by atoms with Crippen LogP contribution < -0.4 is 11.1 Å². The second-order valence-electron chi connectivity index (χ2n) is 5.78. The van der Waals surface area contributed by atoms with E-state index in [1.54, 1.807) is 33.8 Å². The molecule has 0 heterocycles. The standard InChI is InChI=1S/C14H20ClFN2O/c1-13(2,14(3,4)17)12(19)18-8-9-5-6-11(16)10(15)7-9/h5-7H,8,17H2,1-4H3,(H,18,19). The Kier molecular flexibility index (Phi) is 4.59. The summed E-state index contributed by atoms with van der Waals surface area (Å²) in [5.41, 5.74) is 5.38. The first-order valence-electron chi connectivity index (χ1n) is 6.07. The van der Waals surface area contributed by atoms with Crippen LogP contribution in [0.15, 0.2) is 18.2 Å². The normalized spacial score (nSPS) is 12.4. The molecule has 0 unspecified atom stereocenters. The van der Waals surface area contributed by atoms with Gasteiger partial charge in [-0.25, -0.2) is 4.39 Å². The van der Waals surface area contributed by atoms with E-state index in [-0.39, 0.29) is 10.9 Å². The zero-order valence-corrected chi connectivity index (χ0v) is 12.4. The van der Waals surface area contributed by atoms with Gasteiger partial charge in [0.05, 0.1) is 10.4 Å². The van der Waals surface area contributed by atoms with E-state index < -0.39 is 16.8 Å². The second-order valence-corrected chi connectivity index (χ2v) is 6.19. The van der Waals surface area contributed by atoms with Crippen LogP contribution in [0, 0.1) is 11.2 Å². The number of halogens is 2. The van der Waals surface area contributed by atoms with Gasteiger partial charge in [0.2, 0.25) is 5.91 Å². The van der Waals surface area contributed by atoms with Gasteiger partial charge >= 0.3 is 0 Å². The molecule has 0 aliphatic carbocycles. The highest BCUT2D eigenvalue weighted by Gasteiger charge is 2.40. The Morgan fingerprint density at radius 1 is 1.37 bits per heavy atom. The van der Waals surface area contributed by atoms with Crippen LogP contribution >= 0.6 is 11.6 Å². The van der Waals surface area contributed by atoms with Crippen molar-refractivity contribution in [2.75, 3.05) is 0 Å². The number of hydrogen-bond acceptors (Lipinski definition) is 2. The summed E-state index contributed by atoms with van der Waals surface area (Å²) in [6.07, 6.45) is 0. The second kappa shape index (κ2) is 5.47. The molecular weight excluding hydrogens is 267 g/mol. The summed E-state index contributed by atoms with van der Waals surface area (Å²) in [7, 11) is 0. The average molecular weight is 287 g/mol. The molecule has 3 N–H and O–H groups in total. The number of hydrogen-bond donors (Lipinski definition) is 2. The molecule has 1 aromatic rings. The lowest BCUT2D eigenvalue weighted by Crippen LogP contribution is -2.55. The molecule has 19 heavy (non-hydrogen) atoms. The molecule has 1 amide bonds. The van der Waals surface area contributed by atoms with Gasteiger partial charge in [0.25, 0.3) is 0 Å². The molecule has 0 saturated heterocycles. The molecule has 106 valence electrons. The lowest BCUT2D eigenvalue weighted by atomic mass is 9.74. The van der Waals surface area contributed by atoms with E-state index in [9.17, 15) is 9.18 Å². The Hall–Kier alpha value is -1.13. The van der Waals surface area contributed by atoms with Crippen molar-refractivity contribution in [3.63, 3.8) is 0 Å². The van der Waals surface area contributed by atoms with Crippen LogP contribution in [0.4, 0.5) is 4.39 Å². The van der Waals surface area contributed by atoms with E-state index in [2.05, 4.69) is 5.32 Å². The highest BCUT2D eigenvalue weighted by Crippen LogP contribution is 2.28. The van der Waals surface area contributed by atoms with Crippen LogP contribution in [0.1, 0.15) is 33.3 Å². The smallest absolute Gasteiger partial charge is 0.227 e. The number of carbonyl (C=O) groups excluding carboxylic acids is 1. The van der Waals surface area contributed by atoms with Crippen molar-refractivity contribution in [3.8, 4) is 0 Å². The summed E-state index contributed by atoms with van der Waals surface area (Å²) in [6.45, 7) is 7.49. The lowest BCUT2D eigenvalue weighted by Gasteiger charge is -2.36. The van der Waals surface area contributed by atoms with Crippen molar-refractivity contribution in [3.05, 3.63) is 34.6 Å². The van der Waals surface area contributed by atoms with Gasteiger partial charge in [-0.1, -0.05) is 17.7 Å². The van der Waals surface area contributed by atoms with Crippen LogP contribution in [-0.4, -0.2) is 11.4 Å². The van der Waals surface area contributed by atoms with E-state index >= 15 is 0 Å². The first-order chi connectivity index (χ1) is 8.55. The van der Waals surface area contributed by atoms with Gasteiger partial charge in [0, 0.05) is 12.1 Å². The molecule has 5 heteroatoms. The third-order valence-corrected chi connectivity index (χ3v) is 3.91. The molecule has 0 fully saturated rings. The predicted molar refractivity (Wildman–Crippen MR) is 75.3 cm³/mol. The van der Waals surface area contributed by atoms with Crippen LogP contribution in [0.2, 0.25) is 5.02 Å². The van der Waals surface area contributed by atoms with Gasteiger partial charge in [-0.2, -0.15) is 0 Å². The van der Waals surface area contributed by atoms with Crippen molar-refractivity contribution >= 4 is 17.5 Å². The molecule has 0 saturated carbocycles. The molecule has 1 rings (SSSR count). The zero-order valence-electron chi connectivity index (χ0n) is 11.7. The fraction of sp³-hybridized carbons (Fsp3) is 0.500. The summed E-state index contributed by atoms with van der Waals surface area (Å²) in [5, 5.41) is 2.84. The maximum atomic E-state index is 13.0. The fourth-order valence-corrected chi connectivity index (χ4v) is 1.55. The van der Waals surface area contributed by atoms with Gasteiger partial charge in [0.1, 0.15) is 5.82 Å². The average Bonchev–Trinajstić information content (AvgIpc) is 2.28. The third-order valence-electron chi connectivity index (χ3n) is 3.62. The summed E-state index contributed by atoms with van der Waals surface area (Å²) in [4.78, 5) is 12.1. The minimum atomic E-state index is -0.711. The van der Waals surface area contributed by atoms with Crippen LogP contribution in [-0.2, 0) is 11.3 Å². The summed E-state index contributed by atoms with van der Waals surface area (Å²) < 4.78 is 13.0. The quantitative estimate of drug-likeness (QED) is 0.894. The molecule has 3 nitrogen and oxygen atoms in total. The van der Waals surface area contributed by atoms with Crippen molar-refractivity contribution < 1.29 is 9.18 Å². The predicted octanol–water partition coefficient (Wildman–Crippen LogP) is 2.86. The summed E-state index contributed by atoms with van der Waals surface area (Å²) >= 11 is 5.68. The van der Waals surface area contributed by atoms with Crippen LogP contribution in [0.5, 0.6) is 0 Å². The highest BCUT2D eigenvalue weighted by atomic mass is 35.5. The van der Waals surface area contributed by atoms with Gasteiger partial charge in [-0.3, -0.25) is 4.79 Å². The third kappa shape index (κ3) is 3.67. The molecule has 0 atom stereocenters. The Labute approximate surface area is 118 Å². The minimum Gasteiger partial charge on any atom is -0.352 e. The molecule has 0 aliphatic rings. The molecule has 0 aliphatic heterocycles. The first-order valence-corrected chi connectivity index (χ1v) is 6.44. The van der Waals surface area contributed by atoms with Gasteiger partial charge < -0.3 is 11.1 Å². The number of benzene rings is 1. The Bertz CT molecular complexity index is 481. The maximum absolute atomic E-state index is 13.0. The van der Waals surface area contributed by atoms with Crippen molar-refractivity contribution in [1.82, 2.24) is 5.32 Å². The number of amides is 1. The highest BCUT2D eigenvalue weighted by molar-refractivity contribution is 6.30. The van der Waals surface area contributed by atoms with Crippen molar-refractivity contribution in [1.29, 1.82) is 0 Å². The number of rotatable bonds is 4. The van der Waals surface area contributed by atoms with Gasteiger partial charge in [-0.05, 0) is 45.4 Å². The van der Waals surface area contributed by atoms with Gasteiger partial charge in [0.15, 0.2) is 0 Å². The molecule has 0 radical (unpaired) electrons. The molecular formula is C14H20ClFN2O. The van der Waals surface area contributed by atoms with E-state index in [1.165, 1.54) is 12.1 Å². The Morgan fingerprint density at radius 2 is 1.95 bits per heavy atom. The van der Waals surface area contributed by atoms with E-state index in [4.69, 9.17) is 17.3 Å². The Balaban J connectivity index is 2.72. The van der Waals surface area contributed by atoms with Crippen LogP contribution in [0.25, 0.3) is 0 Å². The van der Waals surface area contributed by atoms with Gasteiger partial charge in [-0.15, -0.1) is 0 Å². The number of carbonyl (C=O) groups is 1. The first kappa shape index (κ1) is 15.9. The molecule has 0 bridgehead atoms. The number of nitrogens with one attached hydrogen (secondary N) is 1. The molecule has 0 aromatic heterocycles. The maximum Gasteiger partial charge on any atom is 0.227 e. The van der Waals surface area contributed by atoms with Crippen LogP contribution in [0.3, 0.4) is 0 Å². The summed E-state index contributed by atoms with van der Waals surface area (Å²) in [6, 6.07) is 4.36. The van der Waals surface area contributed by atoms with E-state index in [1.807, 2.05) is 0 Å². The zero-order chi connectivity index (χ0) is 14.8. The number of nitrogens with two attached hydrogens (primary N) is 1.